The van der Waals surface area contributed by atoms with E-state index in [9.17, 15) is 23.1 Å². The smallest absolute Gasteiger partial charge is 0.406 e. The standard InChI is InChI=1S/C26H27F3N4O3/c27-26(28,29)36-21-9-7-19(8-10-21)16-33-22(32-25(24(33)30)13-4-14-25)11-12-23(35)31-20(17-34)15-18-5-2-1-3-6-18/h1-10,13,20,30,34H,11-12,14-17H2,(H,31,35)/t20-,25?/m0/s1. The summed E-state index contributed by atoms with van der Waals surface area (Å²) in [6.45, 7) is 0.0365. The van der Waals surface area contributed by atoms with Crippen molar-refractivity contribution in [3.8, 4) is 5.75 Å². The molecule has 3 N–H and O–H groups in total. The van der Waals surface area contributed by atoms with Crippen molar-refractivity contribution in [1.29, 1.82) is 5.41 Å². The number of rotatable bonds is 10. The molecule has 7 nitrogen and oxygen atoms in total. The first-order chi connectivity index (χ1) is 17.2. The third-order valence-electron chi connectivity index (χ3n) is 6.13. The van der Waals surface area contributed by atoms with Crippen LogP contribution in [-0.4, -0.2) is 52.1 Å². The molecule has 0 fully saturated rings. The molecule has 0 saturated heterocycles. The summed E-state index contributed by atoms with van der Waals surface area (Å²) >= 11 is 0. The molecule has 190 valence electrons. The number of alkyl halides is 3. The minimum atomic E-state index is -4.77. The molecule has 1 amide bonds. The summed E-state index contributed by atoms with van der Waals surface area (Å²) in [6.07, 6.45) is 0.484. The van der Waals surface area contributed by atoms with Crippen LogP contribution in [0, 0.1) is 5.41 Å². The fraction of sp³-hybridized carbons (Fsp3) is 0.346. The second-order valence-corrected chi connectivity index (χ2v) is 8.82. The maximum absolute atomic E-state index is 12.6. The van der Waals surface area contributed by atoms with E-state index in [2.05, 4.69) is 10.1 Å². The van der Waals surface area contributed by atoms with E-state index in [1.54, 1.807) is 4.90 Å². The number of amides is 1. The number of hydrogen-bond donors (Lipinski definition) is 3. The zero-order valence-corrected chi connectivity index (χ0v) is 19.5. The lowest BCUT2D eigenvalue weighted by Crippen LogP contribution is -2.43. The van der Waals surface area contributed by atoms with Gasteiger partial charge in [-0.25, -0.2) is 0 Å². The SMILES string of the molecule is N=C1N(Cc2ccc(OC(F)(F)F)cc2)C(CCC(=O)N[C@H](CO)Cc2ccccc2)=NC12C=CC2. The zero-order chi connectivity index (χ0) is 25.8. The summed E-state index contributed by atoms with van der Waals surface area (Å²) in [5.74, 6) is 0.283. The third-order valence-corrected chi connectivity index (χ3v) is 6.13. The van der Waals surface area contributed by atoms with Crippen LogP contribution in [0.4, 0.5) is 13.2 Å². The van der Waals surface area contributed by atoms with E-state index in [1.807, 2.05) is 42.5 Å². The Bertz CT molecular complexity index is 1150. The fourth-order valence-electron chi connectivity index (χ4n) is 4.23. The van der Waals surface area contributed by atoms with Gasteiger partial charge in [-0.2, -0.15) is 0 Å². The summed E-state index contributed by atoms with van der Waals surface area (Å²) < 4.78 is 41.2. The Hall–Kier alpha value is -3.66. The van der Waals surface area contributed by atoms with Crippen LogP contribution in [0.15, 0.2) is 71.7 Å². The summed E-state index contributed by atoms with van der Waals surface area (Å²) in [5.41, 5.74) is 0.934. The Balaban J connectivity index is 1.38. The summed E-state index contributed by atoms with van der Waals surface area (Å²) in [7, 11) is 0. The number of halogens is 3. The fourth-order valence-corrected chi connectivity index (χ4v) is 4.23. The highest BCUT2D eigenvalue weighted by Crippen LogP contribution is 2.37. The van der Waals surface area contributed by atoms with Gasteiger partial charge in [0.25, 0.3) is 0 Å². The molecular formula is C26H27F3N4O3. The van der Waals surface area contributed by atoms with Crippen molar-refractivity contribution in [2.75, 3.05) is 6.61 Å². The molecule has 1 spiro atoms. The minimum absolute atomic E-state index is 0.117. The van der Waals surface area contributed by atoms with Gasteiger partial charge in [0.15, 0.2) is 0 Å². The van der Waals surface area contributed by atoms with Gasteiger partial charge in [-0.05, 0) is 29.7 Å². The van der Waals surface area contributed by atoms with Crippen LogP contribution < -0.4 is 10.1 Å². The Morgan fingerprint density at radius 3 is 2.44 bits per heavy atom. The first-order valence-corrected chi connectivity index (χ1v) is 11.6. The van der Waals surface area contributed by atoms with Gasteiger partial charge >= 0.3 is 6.36 Å². The van der Waals surface area contributed by atoms with E-state index < -0.39 is 17.9 Å². The number of ether oxygens (including phenoxy) is 1. The van der Waals surface area contributed by atoms with Crippen molar-refractivity contribution in [2.45, 2.75) is 50.2 Å². The van der Waals surface area contributed by atoms with E-state index in [0.717, 1.165) is 5.56 Å². The van der Waals surface area contributed by atoms with Crippen LogP contribution in [0.3, 0.4) is 0 Å². The van der Waals surface area contributed by atoms with Gasteiger partial charge in [-0.1, -0.05) is 54.6 Å². The van der Waals surface area contributed by atoms with E-state index in [0.29, 0.717) is 24.2 Å². The highest BCUT2D eigenvalue weighted by Gasteiger charge is 2.45. The highest BCUT2D eigenvalue weighted by atomic mass is 19.4. The molecule has 2 atom stereocenters. The molecule has 0 bridgehead atoms. The van der Waals surface area contributed by atoms with Crippen molar-refractivity contribution < 1.29 is 27.8 Å². The number of nitrogens with zero attached hydrogens (tertiary/aromatic N) is 2. The van der Waals surface area contributed by atoms with Crippen molar-refractivity contribution >= 4 is 17.6 Å². The summed E-state index contributed by atoms with van der Waals surface area (Å²) in [6, 6.07) is 14.6. The molecule has 0 aromatic heterocycles. The molecule has 2 aromatic carbocycles. The molecule has 1 heterocycles. The number of aliphatic hydroxyl groups excluding tert-OH is 1. The predicted molar refractivity (Wildman–Crippen MR) is 129 cm³/mol. The van der Waals surface area contributed by atoms with Gasteiger partial charge in [0.2, 0.25) is 5.91 Å². The molecule has 0 radical (unpaired) electrons. The van der Waals surface area contributed by atoms with Crippen LogP contribution in [-0.2, 0) is 17.8 Å². The Morgan fingerprint density at radius 2 is 1.86 bits per heavy atom. The Morgan fingerprint density at radius 1 is 1.17 bits per heavy atom. The van der Waals surface area contributed by atoms with Crippen molar-refractivity contribution in [3.05, 3.63) is 77.9 Å². The maximum Gasteiger partial charge on any atom is 0.573 e. The van der Waals surface area contributed by atoms with Crippen LogP contribution in [0.25, 0.3) is 0 Å². The number of aliphatic imine (C=N–C) groups is 1. The quantitative estimate of drug-likeness (QED) is 0.430. The molecule has 4 rings (SSSR count). The monoisotopic (exact) mass is 500 g/mol. The van der Waals surface area contributed by atoms with Gasteiger partial charge in [-0.3, -0.25) is 15.2 Å². The summed E-state index contributed by atoms with van der Waals surface area (Å²) in [5, 5.41) is 21.2. The average Bonchev–Trinajstić information content (AvgIpc) is 3.10. The lowest BCUT2D eigenvalue weighted by Gasteiger charge is -2.30. The number of nitrogens with one attached hydrogen (secondary N) is 2. The number of benzene rings is 2. The summed E-state index contributed by atoms with van der Waals surface area (Å²) in [4.78, 5) is 19.0. The molecular weight excluding hydrogens is 473 g/mol. The molecule has 1 unspecified atom stereocenters. The van der Waals surface area contributed by atoms with E-state index in [4.69, 9.17) is 10.4 Å². The van der Waals surface area contributed by atoms with Gasteiger partial charge in [0, 0.05) is 19.3 Å². The van der Waals surface area contributed by atoms with Crippen molar-refractivity contribution in [1.82, 2.24) is 10.2 Å². The number of carbonyl (C=O) groups excluding carboxylic acids is 1. The van der Waals surface area contributed by atoms with Crippen LogP contribution >= 0.6 is 0 Å². The number of amidine groups is 2. The van der Waals surface area contributed by atoms with Gasteiger partial charge in [0.1, 0.15) is 23.0 Å². The van der Waals surface area contributed by atoms with E-state index >= 15 is 0 Å². The highest BCUT2D eigenvalue weighted by molar-refractivity contribution is 6.11. The van der Waals surface area contributed by atoms with Gasteiger partial charge in [0.05, 0.1) is 19.2 Å². The molecule has 1 aliphatic heterocycles. The lowest BCUT2D eigenvalue weighted by atomic mass is 9.85. The maximum atomic E-state index is 12.6. The van der Waals surface area contributed by atoms with E-state index in [-0.39, 0.29) is 43.5 Å². The molecule has 2 aliphatic rings. The Labute approximate surface area is 206 Å². The van der Waals surface area contributed by atoms with Crippen LogP contribution in [0.2, 0.25) is 0 Å². The number of aliphatic hydroxyl groups is 1. The Kier molecular flexibility index (Phi) is 7.44. The third kappa shape index (κ3) is 6.12. The first kappa shape index (κ1) is 25.4. The largest absolute Gasteiger partial charge is 0.573 e. The predicted octanol–water partition coefficient (Wildman–Crippen LogP) is 3.98. The van der Waals surface area contributed by atoms with Crippen molar-refractivity contribution in [2.24, 2.45) is 4.99 Å². The van der Waals surface area contributed by atoms with Crippen molar-refractivity contribution in [3.63, 3.8) is 0 Å². The molecule has 2 aromatic rings. The van der Waals surface area contributed by atoms with Crippen LogP contribution in [0.1, 0.15) is 30.4 Å². The number of hydrogen-bond acceptors (Lipinski definition) is 5. The second kappa shape index (κ2) is 10.5. The van der Waals surface area contributed by atoms with Gasteiger partial charge < -0.3 is 20.1 Å². The zero-order valence-electron chi connectivity index (χ0n) is 19.5. The average molecular weight is 501 g/mol. The molecule has 10 heteroatoms. The van der Waals surface area contributed by atoms with Gasteiger partial charge in [-0.15, -0.1) is 13.2 Å². The minimum Gasteiger partial charge on any atom is -0.406 e. The topological polar surface area (TPSA) is 98.0 Å². The molecule has 1 aliphatic carbocycles. The number of carbonyl (C=O) groups is 1. The molecule has 36 heavy (non-hydrogen) atoms. The lowest BCUT2D eigenvalue weighted by molar-refractivity contribution is -0.274. The normalized spacial score (nSPS) is 19.7. The first-order valence-electron chi connectivity index (χ1n) is 11.6. The van der Waals surface area contributed by atoms with E-state index in [1.165, 1.54) is 24.3 Å². The molecule has 0 saturated carbocycles. The van der Waals surface area contributed by atoms with Crippen LogP contribution in [0.5, 0.6) is 5.75 Å². The second-order valence-electron chi connectivity index (χ2n) is 8.82.